The Kier molecular flexibility index (Phi) is 4.92. The van der Waals surface area contributed by atoms with Gasteiger partial charge in [-0.1, -0.05) is 6.92 Å². The van der Waals surface area contributed by atoms with Crippen molar-refractivity contribution in [1.29, 1.82) is 5.26 Å². The van der Waals surface area contributed by atoms with Crippen LogP contribution in [0, 0.1) is 11.3 Å². The first kappa shape index (κ1) is 14.4. The van der Waals surface area contributed by atoms with Gasteiger partial charge in [0.05, 0.1) is 6.07 Å². The number of nitriles is 1. The summed E-state index contributed by atoms with van der Waals surface area (Å²) in [4.78, 5) is 1.99. The van der Waals surface area contributed by atoms with E-state index in [9.17, 15) is 8.42 Å². The van der Waals surface area contributed by atoms with Crippen molar-refractivity contribution in [2.45, 2.75) is 37.5 Å². The molecule has 1 fully saturated rings. The topological polar surface area (TPSA) is 64.4 Å². The van der Waals surface area contributed by atoms with Crippen LogP contribution in [0.4, 0.5) is 0 Å². The van der Waals surface area contributed by atoms with Gasteiger partial charge in [0.2, 0.25) is 10.0 Å². The minimum Gasteiger partial charge on any atom is -0.308 e. The van der Waals surface area contributed by atoms with E-state index in [1.54, 1.807) is 6.92 Å². The molecule has 2 atom stereocenters. The van der Waals surface area contributed by atoms with Crippen molar-refractivity contribution in [3.8, 4) is 6.07 Å². The first-order chi connectivity index (χ1) is 7.93. The molecule has 0 aromatic heterocycles. The first-order valence-electron chi connectivity index (χ1n) is 5.98. The van der Waals surface area contributed by atoms with Gasteiger partial charge in [0.25, 0.3) is 0 Å². The zero-order chi connectivity index (χ0) is 13.1. The number of sulfonamides is 1. The zero-order valence-corrected chi connectivity index (χ0v) is 11.6. The molecule has 1 rings (SSSR count). The van der Waals surface area contributed by atoms with Gasteiger partial charge in [-0.15, -0.1) is 0 Å². The number of likely N-dealkylation sites (N-methyl/N-ethyl adjacent to an activating group) is 1. The fraction of sp³-hybridized carbons (Fsp3) is 0.909. The van der Waals surface area contributed by atoms with Crippen LogP contribution in [0.2, 0.25) is 0 Å². The Morgan fingerprint density at radius 3 is 2.65 bits per heavy atom. The van der Waals surface area contributed by atoms with Crippen LogP contribution in [-0.2, 0) is 10.0 Å². The molecule has 0 bridgehead atoms. The molecule has 1 aliphatic heterocycles. The van der Waals surface area contributed by atoms with Crippen LogP contribution < -0.4 is 0 Å². The summed E-state index contributed by atoms with van der Waals surface area (Å²) in [5.74, 6) is 0. The molecule has 1 heterocycles. The van der Waals surface area contributed by atoms with E-state index in [1.165, 1.54) is 4.31 Å². The highest BCUT2D eigenvalue weighted by Gasteiger charge is 2.38. The number of rotatable bonds is 5. The predicted molar refractivity (Wildman–Crippen MR) is 66.9 cm³/mol. The van der Waals surface area contributed by atoms with Gasteiger partial charge >= 0.3 is 0 Å². The van der Waals surface area contributed by atoms with Gasteiger partial charge < -0.3 is 4.90 Å². The minimum atomic E-state index is -3.45. The molecule has 0 aromatic carbocycles. The van der Waals surface area contributed by atoms with E-state index in [2.05, 4.69) is 0 Å². The molecule has 0 radical (unpaired) electrons. The van der Waals surface area contributed by atoms with E-state index in [1.807, 2.05) is 25.1 Å². The van der Waals surface area contributed by atoms with Crippen LogP contribution in [0.15, 0.2) is 0 Å². The van der Waals surface area contributed by atoms with Crippen molar-refractivity contribution in [2.24, 2.45) is 0 Å². The van der Waals surface area contributed by atoms with Gasteiger partial charge in [0.15, 0.2) is 5.25 Å². The third-order valence-electron chi connectivity index (χ3n) is 3.10. The second-order valence-corrected chi connectivity index (χ2v) is 6.81. The second-order valence-electron chi connectivity index (χ2n) is 4.74. The van der Waals surface area contributed by atoms with Crippen LogP contribution >= 0.6 is 0 Å². The third-order valence-corrected chi connectivity index (χ3v) is 5.39. The van der Waals surface area contributed by atoms with Crippen LogP contribution in [0.25, 0.3) is 0 Å². The van der Waals surface area contributed by atoms with Gasteiger partial charge in [-0.3, -0.25) is 0 Å². The summed E-state index contributed by atoms with van der Waals surface area (Å²) in [5, 5.41) is 8.03. The Labute approximate surface area is 104 Å². The van der Waals surface area contributed by atoms with Crippen LogP contribution in [-0.4, -0.2) is 56.1 Å². The fourth-order valence-corrected chi connectivity index (χ4v) is 4.13. The number of hydrogen-bond acceptors (Lipinski definition) is 4. The molecule has 0 amide bonds. The molecule has 0 N–H and O–H groups in total. The molecule has 5 nitrogen and oxygen atoms in total. The highest BCUT2D eigenvalue weighted by atomic mass is 32.2. The van der Waals surface area contributed by atoms with Crippen LogP contribution in [0.3, 0.4) is 0 Å². The molecule has 6 heteroatoms. The van der Waals surface area contributed by atoms with Crippen molar-refractivity contribution < 1.29 is 8.42 Å². The lowest BCUT2D eigenvalue weighted by molar-refractivity contribution is 0.290. The Morgan fingerprint density at radius 1 is 1.53 bits per heavy atom. The van der Waals surface area contributed by atoms with E-state index < -0.39 is 15.3 Å². The Balaban J connectivity index is 2.87. The van der Waals surface area contributed by atoms with Crippen molar-refractivity contribution in [3.63, 3.8) is 0 Å². The Hall–Kier alpha value is -0.640. The van der Waals surface area contributed by atoms with Gasteiger partial charge in [-0.2, -0.15) is 9.57 Å². The van der Waals surface area contributed by atoms with E-state index in [4.69, 9.17) is 5.26 Å². The van der Waals surface area contributed by atoms with Crippen molar-refractivity contribution >= 4 is 10.0 Å². The zero-order valence-electron chi connectivity index (χ0n) is 10.8. The lowest BCUT2D eigenvalue weighted by Crippen LogP contribution is -2.45. The summed E-state index contributed by atoms with van der Waals surface area (Å²) in [6.45, 7) is 3.02. The molecule has 1 saturated heterocycles. The molecule has 1 aliphatic rings. The molecule has 2 unspecified atom stereocenters. The second kappa shape index (κ2) is 5.80. The minimum absolute atomic E-state index is 0.0254. The number of hydrogen-bond donors (Lipinski definition) is 0. The summed E-state index contributed by atoms with van der Waals surface area (Å²) in [6, 6.07) is 1.92. The Morgan fingerprint density at radius 2 is 2.18 bits per heavy atom. The lowest BCUT2D eigenvalue weighted by Gasteiger charge is -2.27. The van der Waals surface area contributed by atoms with E-state index in [-0.39, 0.29) is 6.04 Å². The fourth-order valence-electron chi connectivity index (χ4n) is 2.28. The van der Waals surface area contributed by atoms with Crippen LogP contribution in [0.5, 0.6) is 0 Å². The SMILES string of the molecule is CCC(C#N)S(=O)(=O)N1CCCC1CN(C)C. The number of nitrogens with zero attached hydrogens (tertiary/aromatic N) is 3. The van der Waals surface area contributed by atoms with Crippen LogP contribution in [0.1, 0.15) is 26.2 Å². The predicted octanol–water partition coefficient (Wildman–Crippen LogP) is 0.644. The van der Waals surface area contributed by atoms with E-state index in [0.29, 0.717) is 13.0 Å². The van der Waals surface area contributed by atoms with Gasteiger partial charge in [-0.25, -0.2) is 8.42 Å². The molecular weight excluding hydrogens is 238 g/mol. The maximum atomic E-state index is 12.3. The highest BCUT2D eigenvalue weighted by molar-refractivity contribution is 7.90. The quantitative estimate of drug-likeness (QED) is 0.727. The molecule has 0 aromatic rings. The molecule has 0 saturated carbocycles. The smallest absolute Gasteiger partial charge is 0.230 e. The first-order valence-corrected chi connectivity index (χ1v) is 7.48. The maximum absolute atomic E-state index is 12.3. The standard InChI is InChI=1S/C11H21N3O2S/c1-4-11(8-12)17(15,16)14-7-5-6-10(14)9-13(2)3/h10-11H,4-7,9H2,1-3H3. The third kappa shape index (κ3) is 3.18. The summed E-state index contributed by atoms with van der Waals surface area (Å²) in [5.41, 5.74) is 0. The summed E-state index contributed by atoms with van der Waals surface area (Å²) >= 11 is 0. The summed E-state index contributed by atoms with van der Waals surface area (Å²) in [6.07, 6.45) is 2.13. The molecule has 0 aliphatic carbocycles. The monoisotopic (exact) mass is 259 g/mol. The Bertz CT molecular complexity index is 386. The average molecular weight is 259 g/mol. The lowest BCUT2D eigenvalue weighted by atomic mass is 10.2. The normalized spacial score (nSPS) is 23.8. The van der Waals surface area contributed by atoms with Crippen molar-refractivity contribution in [1.82, 2.24) is 9.21 Å². The van der Waals surface area contributed by atoms with Gasteiger partial charge in [0, 0.05) is 19.1 Å². The summed E-state index contributed by atoms with van der Waals surface area (Å²) in [7, 11) is 0.420. The molecular formula is C11H21N3O2S. The highest BCUT2D eigenvalue weighted by Crippen LogP contribution is 2.24. The molecule has 0 spiro atoms. The largest absolute Gasteiger partial charge is 0.308 e. The van der Waals surface area contributed by atoms with Gasteiger partial charge in [0.1, 0.15) is 0 Å². The maximum Gasteiger partial charge on any atom is 0.230 e. The summed E-state index contributed by atoms with van der Waals surface area (Å²) < 4.78 is 26.1. The van der Waals surface area contributed by atoms with Crippen molar-refractivity contribution in [2.75, 3.05) is 27.2 Å². The van der Waals surface area contributed by atoms with E-state index >= 15 is 0 Å². The van der Waals surface area contributed by atoms with Gasteiger partial charge in [-0.05, 0) is 33.4 Å². The van der Waals surface area contributed by atoms with E-state index in [0.717, 1.165) is 19.4 Å². The average Bonchev–Trinajstić information content (AvgIpc) is 2.66. The van der Waals surface area contributed by atoms with Crippen molar-refractivity contribution in [3.05, 3.63) is 0 Å². The molecule has 98 valence electrons. The molecule has 17 heavy (non-hydrogen) atoms.